The number of carbonyl (C=O) groups is 2. The van der Waals surface area contributed by atoms with E-state index in [1.165, 1.54) is 4.88 Å². The quantitative estimate of drug-likeness (QED) is 0.837. The molecule has 4 nitrogen and oxygen atoms in total. The number of primary amides is 1. The molecule has 1 aromatic heterocycles. The molecule has 0 spiro atoms. The Labute approximate surface area is 117 Å². The van der Waals surface area contributed by atoms with Crippen LogP contribution in [0.4, 0.5) is 0 Å². The van der Waals surface area contributed by atoms with Crippen molar-refractivity contribution in [2.45, 2.75) is 38.6 Å². The molecule has 1 atom stereocenters. The van der Waals surface area contributed by atoms with Crippen molar-refractivity contribution >= 4 is 23.0 Å². The van der Waals surface area contributed by atoms with Gasteiger partial charge in [0.05, 0.1) is 17.5 Å². The Hall–Kier alpha value is -1.20. The van der Waals surface area contributed by atoms with E-state index in [1.807, 2.05) is 17.0 Å². The minimum Gasteiger partial charge on any atom is -0.368 e. The predicted octanol–water partition coefficient (Wildman–Crippen LogP) is 1.83. The first-order chi connectivity index (χ1) is 9.11. The Balaban J connectivity index is 2.02. The summed E-state index contributed by atoms with van der Waals surface area (Å²) in [7, 11) is 0. The average molecular weight is 280 g/mol. The van der Waals surface area contributed by atoms with E-state index in [4.69, 9.17) is 5.73 Å². The van der Waals surface area contributed by atoms with Crippen LogP contribution in [0.2, 0.25) is 0 Å². The zero-order valence-electron chi connectivity index (χ0n) is 11.2. The lowest BCUT2D eigenvalue weighted by molar-refractivity contribution is -0.124. The zero-order valence-corrected chi connectivity index (χ0v) is 12.0. The van der Waals surface area contributed by atoms with E-state index < -0.39 is 0 Å². The van der Waals surface area contributed by atoms with Crippen LogP contribution in [0.1, 0.15) is 40.7 Å². The van der Waals surface area contributed by atoms with Gasteiger partial charge in [-0.25, -0.2) is 0 Å². The first kappa shape index (κ1) is 14.2. The number of ketones is 1. The smallest absolute Gasteiger partial charge is 0.234 e. The molecule has 1 aliphatic heterocycles. The van der Waals surface area contributed by atoms with Gasteiger partial charge in [-0.1, -0.05) is 13.3 Å². The standard InChI is InChI=1S/C14H20N2O2S/c1-2-10-6-7-13(19-10)12(17)9-16-8-4-3-5-11(16)14(15)18/h6-7,11H,2-5,8-9H2,1H3,(H2,15,18). The maximum atomic E-state index is 12.2. The van der Waals surface area contributed by atoms with Gasteiger partial charge in [0.15, 0.2) is 5.78 Å². The number of thiophene rings is 1. The molecule has 2 heterocycles. The largest absolute Gasteiger partial charge is 0.368 e. The summed E-state index contributed by atoms with van der Waals surface area (Å²) in [6.07, 6.45) is 3.76. The van der Waals surface area contributed by atoms with Gasteiger partial charge >= 0.3 is 0 Å². The highest BCUT2D eigenvalue weighted by molar-refractivity contribution is 7.14. The molecule has 1 fully saturated rings. The molecule has 0 aromatic carbocycles. The van der Waals surface area contributed by atoms with Gasteiger partial charge < -0.3 is 5.73 Å². The topological polar surface area (TPSA) is 63.4 Å². The summed E-state index contributed by atoms with van der Waals surface area (Å²) in [5, 5.41) is 0. The average Bonchev–Trinajstić information content (AvgIpc) is 2.88. The molecule has 5 heteroatoms. The third-order valence-electron chi connectivity index (χ3n) is 3.57. The van der Waals surface area contributed by atoms with Gasteiger partial charge in [0.2, 0.25) is 5.91 Å². The molecule has 1 saturated heterocycles. The Morgan fingerprint density at radius 1 is 1.42 bits per heavy atom. The molecule has 1 aliphatic rings. The Bertz CT molecular complexity index is 470. The first-order valence-corrected chi connectivity index (χ1v) is 7.58. The van der Waals surface area contributed by atoms with E-state index >= 15 is 0 Å². The van der Waals surface area contributed by atoms with E-state index in [9.17, 15) is 9.59 Å². The second kappa shape index (κ2) is 6.30. The fourth-order valence-corrected chi connectivity index (χ4v) is 3.36. The SMILES string of the molecule is CCc1ccc(C(=O)CN2CCCCC2C(N)=O)s1. The van der Waals surface area contributed by atoms with Crippen molar-refractivity contribution in [1.82, 2.24) is 4.90 Å². The van der Waals surface area contributed by atoms with Crippen molar-refractivity contribution in [3.05, 3.63) is 21.9 Å². The second-order valence-corrected chi connectivity index (χ2v) is 6.10. The van der Waals surface area contributed by atoms with Crippen LogP contribution in [0.5, 0.6) is 0 Å². The van der Waals surface area contributed by atoms with Crippen LogP contribution in [-0.4, -0.2) is 35.7 Å². The monoisotopic (exact) mass is 280 g/mol. The number of piperidine rings is 1. The molecule has 0 saturated carbocycles. The minimum atomic E-state index is -0.312. The molecule has 2 rings (SSSR count). The van der Waals surface area contributed by atoms with Crippen molar-refractivity contribution in [3.8, 4) is 0 Å². The molecule has 0 aliphatic carbocycles. The summed E-state index contributed by atoms with van der Waals surface area (Å²) >= 11 is 1.55. The Morgan fingerprint density at radius 3 is 2.84 bits per heavy atom. The number of nitrogens with two attached hydrogens (primary N) is 1. The van der Waals surface area contributed by atoms with Gasteiger partial charge in [-0.05, 0) is 37.9 Å². The number of nitrogens with zero attached hydrogens (tertiary/aromatic N) is 1. The molecule has 19 heavy (non-hydrogen) atoms. The molecule has 1 amide bonds. The van der Waals surface area contributed by atoms with Crippen LogP contribution in [0, 0.1) is 0 Å². The maximum Gasteiger partial charge on any atom is 0.234 e. The van der Waals surface area contributed by atoms with Crippen molar-refractivity contribution in [2.24, 2.45) is 5.73 Å². The number of amides is 1. The Kier molecular flexibility index (Phi) is 4.71. The predicted molar refractivity (Wildman–Crippen MR) is 76.4 cm³/mol. The van der Waals surface area contributed by atoms with Gasteiger partial charge in [0, 0.05) is 4.88 Å². The highest BCUT2D eigenvalue weighted by atomic mass is 32.1. The molecular formula is C14H20N2O2S. The lowest BCUT2D eigenvalue weighted by Crippen LogP contribution is -2.49. The van der Waals surface area contributed by atoms with Crippen molar-refractivity contribution in [1.29, 1.82) is 0 Å². The number of hydrogen-bond acceptors (Lipinski definition) is 4. The number of rotatable bonds is 5. The minimum absolute atomic E-state index is 0.0952. The normalized spacial score (nSPS) is 20.4. The summed E-state index contributed by atoms with van der Waals surface area (Å²) in [6, 6.07) is 3.61. The molecular weight excluding hydrogens is 260 g/mol. The molecule has 0 bridgehead atoms. The van der Waals surface area contributed by atoms with E-state index in [0.717, 1.165) is 37.1 Å². The van der Waals surface area contributed by atoms with Crippen LogP contribution >= 0.6 is 11.3 Å². The highest BCUT2D eigenvalue weighted by Crippen LogP contribution is 2.21. The van der Waals surface area contributed by atoms with E-state index in [1.54, 1.807) is 11.3 Å². The fraction of sp³-hybridized carbons (Fsp3) is 0.571. The number of aryl methyl sites for hydroxylation is 1. The third kappa shape index (κ3) is 3.42. The van der Waals surface area contributed by atoms with Crippen LogP contribution in [0.15, 0.2) is 12.1 Å². The molecule has 1 unspecified atom stereocenters. The Morgan fingerprint density at radius 2 is 2.21 bits per heavy atom. The lowest BCUT2D eigenvalue weighted by Gasteiger charge is -2.32. The van der Waals surface area contributed by atoms with Crippen LogP contribution in [0.3, 0.4) is 0 Å². The van der Waals surface area contributed by atoms with Crippen LogP contribution in [0.25, 0.3) is 0 Å². The van der Waals surface area contributed by atoms with Gasteiger partial charge in [-0.2, -0.15) is 0 Å². The van der Waals surface area contributed by atoms with Gasteiger partial charge in [0.25, 0.3) is 0 Å². The first-order valence-electron chi connectivity index (χ1n) is 6.77. The summed E-state index contributed by atoms with van der Waals surface area (Å²) in [6.45, 7) is 3.16. The summed E-state index contributed by atoms with van der Waals surface area (Å²) in [5.74, 6) is -0.217. The van der Waals surface area contributed by atoms with Gasteiger partial charge in [-0.3, -0.25) is 14.5 Å². The van der Waals surface area contributed by atoms with Crippen molar-refractivity contribution in [2.75, 3.05) is 13.1 Å². The fourth-order valence-electron chi connectivity index (χ4n) is 2.48. The van der Waals surface area contributed by atoms with Crippen LogP contribution < -0.4 is 5.73 Å². The number of hydrogen-bond donors (Lipinski definition) is 1. The van der Waals surface area contributed by atoms with E-state index in [-0.39, 0.29) is 17.7 Å². The molecule has 104 valence electrons. The van der Waals surface area contributed by atoms with Gasteiger partial charge in [-0.15, -0.1) is 11.3 Å². The van der Waals surface area contributed by atoms with Crippen molar-refractivity contribution < 1.29 is 9.59 Å². The summed E-state index contributed by atoms with van der Waals surface area (Å²) in [5.41, 5.74) is 5.41. The van der Waals surface area contributed by atoms with E-state index in [2.05, 4.69) is 6.92 Å². The molecule has 0 radical (unpaired) electrons. The second-order valence-electron chi connectivity index (χ2n) is 4.93. The number of carbonyl (C=O) groups excluding carboxylic acids is 2. The zero-order chi connectivity index (χ0) is 13.8. The molecule has 1 aromatic rings. The summed E-state index contributed by atoms with van der Waals surface area (Å²) < 4.78 is 0. The number of Topliss-reactive ketones (excluding diaryl/α,β-unsaturated/α-hetero) is 1. The third-order valence-corrected chi connectivity index (χ3v) is 4.84. The maximum absolute atomic E-state index is 12.2. The molecule has 2 N–H and O–H groups in total. The van der Waals surface area contributed by atoms with Crippen LogP contribution in [-0.2, 0) is 11.2 Å². The lowest BCUT2D eigenvalue weighted by atomic mass is 10.0. The highest BCUT2D eigenvalue weighted by Gasteiger charge is 2.28. The van der Waals surface area contributed by atoms with Crippen molar-refractivity contribution in [3.63, 3.8) is 0 Å². The van der Waals surface area contributed by atoms with E-state index in [0.29, 0.717) is 6.54 Å². The van der Waals surface area contributed by atoms with Gasteiger partial charge in [0.1, 0.15) is 0 Å². The number of likely N-dealkylation sites (tertiary alicyclic amines) is 1. The summed E-state index contributed by atoms with van der Waals surface area (Å²) in [4.78, 5) is 27.6.